The zero-order valence-corrected chi connectivity index (χ0v) is 14.1. The number of rotatable bonds is 3. The van der Waals surface area contributed by atoms with E-state index in [9.17, 15) is 0 Å². The molecule has 5 nitrogen and oxygen atoms in total. The second kappa shape index (κ2) is 7.47. The van der Waals surface area contributed by atoms with E-state index in [-0.39, 0.29) is 0 Å². The van der Waals surface area contributed by atoms with Gasteiger partial charge in [-0.3, -0.25) is 4.90 Å². The van der Waals surface area contributed by atoms with E-state index in [4.69, 9.17) is 11.6 Å². The Hall–Kier alpha value is -1.07. The van der Waals surface area contributed by atoms with E-state index in [1.807, 2.05) is 7.05 Å². The fourth-order valence-electron chi connectivity index (χ4n) is 3.72. The molecule has 0 radical (unpaired) electrons. The molecular weight excluding hydrogens is 298 g/mol. The Kier molecular flexibility index (Phi) is 5.37. The molecule has 0 aromatic carbocycles. The molecule has 1 atom stereocenters. The van der Waals surface area contributed by atoms with Crippen LogP contribution >= 0.6 is 11.6 Å². The highest BCUT2D eigenvalue weighted by Crippen LogP contribution is 2.31. The molecule has 0 spiro atoms. The highest BCUT2D eigenvalue weighted by Gasteiger charge is 2.28. The predicted octanol–water partition coefficient (Wildman–Crippen LogP) is 3.02. The van der Waals surface area contributed by atoms with Crippen LogP contribution < -0.4 is 10.2 Å². The molecule has 22 heavy (non-hydrogen) atoms. The summed E-state index contributed by atoms with van der Waals surface area (Å²) in [5.41, 5.74) is 0.848. The van der Waals surface area contributed by atoms with E-state index in [0.717, 1.165) is 24.6 Å². The fourth-order valence-corrected chi connectivity index (χ4v) is 3.94. The van der Waals surface area contributed by atoms with Gasteiger partial charge in [0.15, 0.2) is 11.0 Å². The van der Waals surface area contributed by atoms with Crippen molar-refractivity contribution < 1.29 is 0 Å². The summed E-state index contributed by atoms with van der Waals surface area (Å²) in [6.45, 7) is 4.60. The summed E-state index contributed by atoms with van der Waals surface area (Å²) in [4.78, 5) is 13.6. The van der Waals surface area contributed by atoms with Crippen molar-refractivity contribution in [3.63, 3.8) is 0 Å². The number of hydrogen-bond acceptors (Lipinski definition) is 5. The third-order valence-electron chi connectivity index (χ3n) is 4.88. The maximum absolute atomic E-state index is 6.20. The number of halogens is 1. The smallest absolute Gasteiger partial charge is 0.157 e. The van der Waals surface area contributed by atoms with Crippen LogP contribution in [0.4, 0.5) is 11.5 Å². The van der Waals surface area contributed by atoms with Gasteiger partial charge in [-0.25, -0.2) is 9.97 Å². The van der Waals surface area contributed by atoms with E-state index in [2.05, 4.69) is 25.1 Å². The maximum atomic E-state index is 6.20. The van der Waals surface area contributed by atoms with Crippen LogP contribution in [0.3, 0.4) is 0 Å². The van der Waals surface area contributed by atoms with Crippen molar-refractivity contribution in [2.75, 3.05) is 43.4 Å². The molecule has 2 saturated heterocycles. The summed E-state index contributed by atoms with van der Waals surface area (Å²) >= 11 is 6.20. The van der Waals surface area contributed by atoms with Crippen molar-refractivity contribution in [3.05, 3.63) is 11.5 Å². The predicted molar refractivity (Wildman–Crippen MR) is 91.9 cm³/mol. The van der Waals surface area contributed by atoms with Crippen LogP contribution in [0.15, 0.2) is 6.33 Å². The van der Waals surface area contributed by atoms with Crippen molar-refractivity contribution in [3.8, 4) is 0 Å². The van der Waals surface area contributed by atoms with Crippen LogP contribution in [0.2, 0.25) is 5.15 Å². The van der Waals surface area contributed by atoms with Gasteiger partial charge in [-0.15, -0.1) is 0 Å². The zero-order chi connectivity index (χ0) is 15.4. The zero-order valence-electron chi connectivity index (χ0n) is 13.4. The number of nitrogens with one attached hydrogen (secondary N) is 1. The van der Waals surface area contributed by atoms with Gasteiger partial charge < -0.3 is 10.2 Å². The number of anilines is 2. The Morgan fingerprint density at radius 3 is 2.59 bits per heavy atom. The van der Waals surface area contributed by atoms with E-state index in [1.54, 1.807) is 6.33 Å². The summed E-state index contributed by atoms with van der Waals surface area (Å²) in [6.07, 6.45) is 9.54. The molecule has 1 N–H and O–H groups in total. The number of hydrogen-bond donors (Lipinski definition) is 1. The first-order valence-corrected chi connectivity index (χ1v) is 8.84. The second-order valence-corrected chi connectivity index (χ2v) is 6.66. The first-order valence-electron chi connectivity index (χ1n) is 8.47. The van der Waals surface area contributed by atoms with Gasteiger partial charge in [0.05, 0.1) is 0 Å². The quantitative estimate of drug-likeness (QED) is 0.866. The van der Waals surface area contributed by atoms with Gasteiger partial charge in [0, 0.05) is 26.2 Å². The van der Waals surface area contributed by atoms with E-state index >= 15 is 0 Å². The second-order valence-electron chi connectivity index (χ2n) is 6.31. The van der Waals surface area contributed by atoms with Crippen molar-refractivity contribution in [1.29, 1.82) is 0 Å². The Balaban J connectivity index is 1.74. The van der Waals surface area contributed by atoms with Gasteiger partial charge in [0.2, 0.25) is 0 Å². The molecule has 0 bridgehead atoms. The molecule has 0 amide bonds. The number of piperidine rings is 1. The van der Waals surface area contributed by atoms with Crippen LogP contribution in [0.25, 0.3) is 0 Å². The summed E-state index contributed by atoms with van der Waals surface area (Å²) in [7, 11) is 1.88. The summed E-state index contributed by atoms with van der Waals surface area (Å²) < 4.78 is 0. The highest BCUT2D eigenvalue weighted by atomic mass is 35.5. The number of likely N-dealkylation sites (tertiary alicyclic amines) is 1. The van der Waals surface area contributed by atoms with Crippen LogP contribution in [0, 0.1) is 0 Å². The van der Waals surface area contributed by atoms with Gasteiger partial charge in [-0.05, 0) is 38.8 Å². The molecule has 1 aromatic heterocycles. The minimum absolute atomic E-state index is 0.504. The van der Waals surface area contributed by atoms with Gasteiger partial charge >= 0.3 is 0 Å². The van der Waals surface area contributed by atoms with Crippen molar-refractivity contribution in [2.24, 2.45) is 0 Å². The Bertz CT molecular complexity index is 487. The topological polar surface area (TPSA) is 44.3 Å². The van der Waals surface area contributed by atoms with Crippen molar-refractivity contribution in [1.82, 2.24) is 14.9 Å². The molecule has 6 heteroatoms. The molecule has 1 unspecified atom stereocenters. The summed E-state index contributed by atoms with van der Waals surface area (Å²) in [5.74, 6) is 0.946. The fraction of sp³-hybridized carbons (Fsp3) is 0.750. The molecule has 0 saturated carbocycles. The molecule has 3 rings (SSSR count). The SMILES string of the molecule is CNc1c(Cl)ncnc1N1CCCC(N2CCCCCC2)C1. The van der Waals surface area contributed by atoms with E-state index in [0.29, 0.717) is 11.2 Å². The molecule has 0 aliphatic carbocycles. The minimum atomic E-state index is 0.504. The Labute approximate surface area is 138 Å². The molecule has 2 aliphatic rings. The van der Waals surface area contributed by atoms with Crippen LogP contribution in [0.1, 0.15) is 38.5 Å². The third-order valence-corrected chi connectivity index (χ3v) is 5.17. The lowest BCUT2D eigenvalue weighted by Gasteiger charge is -2.40. The first kappa shape index (κ1) is 15.8. The summed E-state index contributed by atoms with van der Waals surface area (Å²) in [5, 5.41) is 3.66. The van der Waals surface area contributed by atoms with Gasteiger partial charge in [-0.2, -0.15) is 0 Å². The molecular formula is C16H26ClN5. The normalized spacial score (nSPS) is 24.1. The highest BCUT2D eigenvalue weighted by molar-refractivity contribution is 6.32. The molecule has 2 fully saturated rings. The average molecular weight is 324 g/mol. The minimum Gasteiger partial charge on any atom is -0.383 e. The van der Waals surface area contributed by atoms with Crippen LogP contribution in [-0.2, 0) is 0 Å². The molecule has 122 valence electrons. The van der Waals surface area contributed by atoms with Crippen LogP contribution in [-0.4, -0.2) is 54.1 Å². The molecule has 1 aromatic rings. The standard InChI is InChI=1S/C16H26ClN5/c1-18-14-15(17)19-12-20-16(14)22-10-6-7-13(11-22)21-8-4-2-3-5-9-21/h12-13,18H,2-11H2,1H3. The lowest BCUT2D eigenvalue weighted by molar-refractivity contribution is 0.182. The van der Waals surface area contributed by atoms with Crippen molar-refractivity contribution >= 4 is 23.1 Å². The summed E-state index contributed by atoms with van der Waals surface area (Å²) in [6, 6.07) is 0.644. The van der Waals surface area contributed by atoms with Gasteiger partial charge in [0.1, 0.15) is 12.0 Å². The van der Waals surface area contributed by atoms with E-state index < -0.39 is 0 Å². The first-order chi connectivity index (χ1) is 10.8. The number of aromatic nitrogens is 2. The monoisotopic (exact) mass is 323 g/mol. The van der Waals surface area contributed by atoms with Crippen LogP contribution in [0.5, 0.6) is 0 Å². The average Bonchev–Trinajstić information content (AvgIpc) is 2.84. The van der Waals surface area contributed by atoms with E-state index in [1.165, 1.54) is 51.6 Å². The van der Waals surface area contributed by atoms with Gasteiger partial charge in [0.25, 0.3) is 0 Å². The molecule has 2 aliphatic heterocycles. The lowest BCUT2D eigenvalue weighted by atomic mass is 10.0. The maximum Gasteiger partial charge on any atom is 0.157 e. The lowest BCUT2D eigenvalue weighted by Crippen LogP contribution is -2.48. The largest absolute Gasteiger partial charge is 0.383 e. The Morgan fingerprint density at radius 1 is 1.09 bits per heavy atom. The molecule has 3 heterocycles. The number of nitrogens with zero attached hydrogens (tertiary/aromatic N) is 4. The van der Waals surface area contributed by atoms with Crippen molar-refractivity contribution in [2.45, 2.75) is 44.6 Å². The Morgan fingerprint density at radius 2 is 1.86 bits per heavy atom. The third kappa shape index (κ3) is 3.46. The van der Waals surface area contributed by atoms with Gasteiger partial charge in [-0.1, -0.05) is 24.4 Å².